The van der Waals surface area contributed by atoms with Gasteiger partial charge < -0.3 is 24.8 Å². The first-order chi connectivity index (χ1) is 16.7. The molecule has 0 saturated heterocycles. The molecule has 0 amide bonds. The molecular formula is C34H44Cl2SiZr-2. The summed E-state index contributed by atoms with van der Waals surface area (Å²) in [6, 6.07) is 21.7. The monoisotopic (exact) mass is 640 g/mol. The van der Waals surface area contributed by atoms with Crippen LogP contribution in [0.15, 0.2) is 95.1 Å². The van der Waals surface area contributed by atoms with Crippen LogP contribution in [0.4, 0.5) is 0 Å². The summed E-state index contributed by atoms with van der Waals surface area (Å²) in [7, 11) is 0. The minimum atomic E-state index is -0.455. The molecule has 0 N–H and O–H groups in total. The predicted octanol–water partition coefficient (Wildman–Crippen LogP) is 2.06. The molecule has 2 aromatic rings. The molecule has 0 bridgehead atoms. The number of rotatable bonds is 2. The molecule has 4 heteroatoms. The van der Waals surface area contributed by atoms with Gasteiger partial charge in [-0.2, -0.15) is 23.3 Å². The standard InChI is InChI=1S/C12H10Si.2C11H17.2ClH.Zr/c1-3-7-11(8-4-1)13-12-9-5-2-6-10-12;2*1-8-6-9(2)10(7-8)11(3,4)5;;;/h1-10H;2*7-8H,1-5H3;2*1H;/q;2*-1;;;+2/p-2. The van der Waals surface area contributed by atoms with Gasteiger partial charge in [-0.05, 0) is 0 Å². The van der Waals surface area contributed by atoms with Crippen molar-refractivity contribution < 1.29 is 48.1 Å². The van der Waals surface area contributed by atoms with Gasteiger partial charge in [-0.1, -0.05) is 91.9 Å². The van der Waals surface area contributed by atoms with Crippen molar-refractivity contribution in [3.8, 4) is 0 Å². The molecule has 2 atom stereocenters. The van der Waals surface area contributed by atoms with Gasteiger partial charge in [0, 0.05) is 0 Å². The first-order valence-electron chi connectivity index (χ1n) is 13.0. The van der Waals surface area contributed by atoms with E-state index in [0.717, 1.165) is 0 Å². The van der Waals surface area contributed by atoms with Crippen LogP contribution in [0.25, 0.3) is 0 Å². The third kappa shape index (κ3) is 11.7. The van der Waals surface area contributed by atoms with E-state index in [4.69, 9.17) is 0 Å². The second kappa shape index (κ2) is 16.4. The third-order valence-corrected chi connectivity index (χ3v) is 12.3. The van der Waals surface area contributed by atoms with Crippen LogP contribution < -0.4 is 35.2 Å². The van der Waals surface area contributed by atoms with Crippen LogP contribution in [-0.4, -0.2) is 5.43 Å². The summed E-state index contributed by atoms with van der Waals surface area (Å²) in [5.41, 5.74) is 5.73. The molecule has 0 spiro atoms. The van der Waals surface area contributed by atoms with Gasteiger partial charge in [0.25, 0.3) is 0 Å². The molecule has 38 heavy (non-hydrogen) atoms. The number of hydrogen-bond acceptors (Lipinski definition) is 0. The number of benzene rings is 2. The van der Waals surface area contributed by atoms with Crippen LogP contribution >= 0.6 is 0 Å². The zero-order chi connectivity index (χ0) is 27.1. The maximum absolute atomic E-state index is 3.40. The van der Waals surface area contributed by atoms with Crippen LogP contribution in [0.5, 0.6) is 0 Å². The first-order valence-corrected chi connectivity index (χ1v) is 18.2. The van der Waals surface area contributed by atoms with Gasteiger partial charge in [0.1, 0.15) is 0 Å². The molecule has 204 valence electrons. The second-order valence-corrected chi connectivity index (χ2v) is 17.5. The van der Waals surface area contributed by atoms with E-state index >= 15 is 0 Å². The Labute approximate surface area is 261 Å². The van der Waals surface area contributed by atoms with E-state index in [1.165, 1.54) is 32.7 Å². The normalized spacial score (nSPS) is 18.1. The van der Waals surface area contributed by atoms with Crippen molar-refractivity contribution in [1.82, 2.24) is 0 Å². The third-order valence-electron chi connectivity index (χ3n) is 6.27. The van der Waals surface area contributed by atoms with Crippen molar-refractivity contribution >= 4 is 15.8 Å². The number of hydrogen-bond donors (Lipinski definition) is 0. The summed E-state index contributed by atoms with van der Waals surface area (Å²) < 4.78 is 0. The van der Waals surface area contributed by atoms with E-state index in [1.807, 2.05) is 0 Å². The fourth-order valence-electron chi connectivity index (χ4n) is 4.67. The van der Waals surface area contributed by atoms with E-state index < -0.39 is 5.43 Å². The molecule has 2 aliphatic rings. The summed E-state index contributed by atoms with van der Waals surface area (Å²) in [5, 5.41) is 3.03. The molecule has 0 nitrogen and oxygen atoms in total. The maximum atomic E-state index is 3.40. The average molecular weight is 643 g/mol. The molecule has 0 saturated carbocycles. The van der Waals surface area contributed by atoms with Crippen LogP contribution in [0.2, 0.25) is 0 Å². The molecular weight excluding hydrogens is 599 g/mol. The van der Waals surface area contributed by atoms with Crippen molar-refractivity contribution in [2.75, 3.05) is 0 Å². The topological polar surface area (TPSA) is 0 Å². The van der Waals surface area contributed by atoms with Crippen LogP contribution in [0, 0.1) is 34.8 Å². The summed E-state index contributed by atoms with van der Waals surface area (Å²) in [6.45, 7) is 22.2. The average Bonchev–Trinajstić information content (AvgIpc) is 3.35. The van der Waals surface area contributed by atoms with E-state index in [1.54, 1.807) is 23.3 Å². The number of allylic oxidation sites excluding steroid dienone is 8. The molecule has 2 aliphatic carbocycles. The van der Waals surface area contributed by atoms with Gasteiger partial charge in [-0.15, -0.1) is 0 Å². The Bertz CT molecular complexity index is 1050. The Hall–Kier alpha value is -0.920. The molecule has 4 rings (SSSR count). The molecule has 0 fully saturated rings. The molecule has 0 heterocycles. The second-order valence-electron chi connectivity index (χ2n) is 11.9. The van der Waals surface area contributed by atoms with Gasteiger partial charge in [-0.3, -0.25) is 12.2 Å². The van der Waals surface area contributed by atoms with Crippen molar-refractivity contribution in [1.29, 1.82) is 0 Å². The Kier molecular flexibility index (Phi) is 16.0. The van der Waals surface area contributed by atoms with Crippen LogP contribution in [0.3, 0.4) is 0 Å². The molecule has 2 aromatic carbocycles. The minimum absolute atomic E-state index is 0. The Morgan fingerprint density at radius 2 is 0.895 bits per heavy atom. The molecule has 0 aliphatic heterocycles. The SMILES string of the molecule is CC1=[C-]C(C)C=C1C(C)(C)C.CC1=[C-]C(C)C=C1C(C)(C)C.[Cl-].[Cl-].[Zr+2]=[Si](c1ccccc1)c1ccccc1. The van der Waals surface area contributed by atoms with E-state index in [9.17, 15) is 0 Å². The van der Waals surface area contributed by atoms with Gasteiger partial charge in [0.15, 0.2) is 0 Å². The van der Waals surface area contributed by atoms with Gasteiger partial charge in [0.2, 0.25) is 0 Å². The predicted molar refractivity (Wildman–Crippen MR) is 156 cm³/mol. The van der Waals surface area contributed by atoms with Crippen LogP contribution in [0.1, 0.15) is 69.2 Å². The van der Waals surface area contributed by atoms with E-state index in [-0.39, 0.29) is 24.8 Å². The fraction of sp³-hybridized carbons (Fsp3) is 0.412. The van der Waals surface area contributed by atoms with Crippen molar-refractivity contribution in [2.45, 2.75) is 69.2 Å². The summed E-state index contributed by atoms with van der Waals surface area (Å²) in [6.07, 6.45) is 11.4. The van der Waals surface area contributed by atoms with Crippen molar-refractivity contribution in [3.63, 3.8) is 0 Å². The zero-order valence-corrected chi connectivity index (χ0v) is 29.8. The Morgan fingerprint density at radius 3 is 1.08 bits per heavy atom. The summed E-state index contributed by atoms with van der Waals surface area (Å²) in [4.78, 5) is 0. The van der Waals surface area contributed by atoms with Crippen LogP contribution in [-0.2, 0) is 23.3 Å². The first kappa shape index (κ1) is 37.1. The van der Waals surface area contributed by atoms with E-state index in [2.05, 4.69) is 154 Å². The summed E-state index contributed by atoms with van der Waals surface area (Å²) >= 11 is 1.64. The molecule has 0 aromatic heterocycles. The zero-order valence-electron chi connectivity index (χ0n) is 24.8. The molecule has 0 radical (unpaired) electrons. The van der Waals surface area contributed by atoms with Gasteiger partial charge in [-0.25, -0.2) is 11.1 Å². The van der Waals surface area contributed by atoms with Crippen molar-refractivity contribution in [3.05, 3.63) is 107 Å². The quantitative estimate of drug-likeness (QED) is 0.348. The Morgan fingerprint density at radius 1 is 0.605 bits per heavy atom. The number of halogens is 2. The summed E-state index contributed by atoms with van der Waals surface area (Å²) in [5.74, 6) is 1.04. The van der Waals surface area contributed by atoms with Crippen molar-refractivity contribution in [2.24, 2.45) is 22.7 Å². The Balaban J connectivity index is 0.000000533. The fourth-order valence-corrected chi connectivity index (χ4v) is 8.52. The van der Waals surface area contributed by atoms with Gasteiger partial charge >= 0.3 is 99.8 Å². The van der Waals surface area contributed by atoms with E-state index in [0.29, 0.717) is 22.7 Å². The molecule has 2 unspecified atom stereocenters. The van der Waals surface area contributed by atoms with Gasteiger partial charge in [0.05, 0.1) is 0 Å².